The van der Waals surface area contributed by atoms with Gasteiger partial charge in [0.2, 0.25) is 0 Å². The molecule has 0 bridgehead atoms. The van der Waals surface area contributed by atoms with E-state index in [1.165, 1.54) is 0 Å². The molecule has 1 aromatic rings. The van der Waals surface area contributed by atoms with Crippen LogP contribution in [-0.2, 0) is 16.0 Å². The fraction of sp³-hybridized carbons (Fsp3) is 0.750. The number of carbonyl (C=O) groups excluding carboxylic acids is 1. The van der Waals surface area contributed by atoms with Gasteiger partial charge in [-0.15, -0.1) is 0 Å². The number of likely N-dealkylation sites (tertiary alicyclic amines) is 1. The Morgan fingerprint density at radius 2 is 2.32 bits per heavy atom. The Balaban J connectivity index is 1.66. The zero-order valence-electron chi connectivity index (χ0n) is 13.7. The standard InChI is InChI=1S/C16H25N3O3/c1-4-19-14(9-12(2)17-19)15(20)18-10-16(11-18)13(5-7-21-3)6-8-22-16/h9,13H,4-8,10-11H2,1-3H3/t13-/m0/s1. The predicted molar refractivity (Wildman–Crippen MR) is 81.8 cm³/mol. The molecule has 1 aromatic heterocycles. The molecular weight excluding hydrogens is 282 g/mol. The molecule has 2 aliphatic heterocycles. The molecule has 0 aromatic carbocycles. The van der Waals surface area contributed by atoms with Crippen LogP contribution >= 0.6 is 0 Å². The molecule has 1 amide bonds. The summed E-state index contributed by atoms with van der Waals surface area (Å²) < 4.78 is 13.0. The number of hydrogen-bond acceptors (Lipinski definition) is 4. The van der Waals surface area contributed by atoms with E-state index in [9.17, 15) is 4.79 Å². The average Bonchev–Trinajstić information content (AvgIpc) is 3.05. The van der Waals surface area contributed by atoms with Gasteiger partial charge >= 0.3 is 0 Å². The summed E-state index contributed by atoms with van der Waals surface area (Å²) in [6.45, 7) is 7.56. The summed E-state index contributed by atoms with van der Waals surface area (Å²) in [5.74, 6) is 0.559. The van der Waals surface area contributed by atoms with E-state index in [4.69, 9.17) is 9.47 Å². The molecule has 22 heavy (non-hydrogen) atoms. The minimum Gasteiger partial charge on any atom is -0.385 e. The molecule has 122 valence electrons. The van der Waals surface area contributed by atoms with Crippen molar-refractivity contribution in [3.63, 3.8) is 0 Å². The highest BCUT2D eigenvalue weighted by molar-refractivity contribution is 5.93. The third-order valence-electron chi connectivity index (χ3n) is 4.90. The Hall–Kier alpha value is -1.40. The number of hydrogen-bond donors (Lipinski definition) is 0. The van der Waals surface area contributed by atoms with Crippen molar-refractivity contribution < 1.29 is 14.3 Å². The molecule has 0 aliphatic carbocycles. The predicted octanol–water partition coefficient (Wildman–Crippen LogP) is 1.48. The molecule has 6 heteroatoms. The Morgan fingerprint density at radius 1 is 1.55 bits per heavy atom. The zero-order valence-corrected chi connectivity index (χ0v) is 13.7. The fourth-order valence-electron chi connectivity index (χ4n) is 3.67. The van der Waals surface area contributed by atoms with Gasteiger partial charge in [-0.2, -0.15) is 5.10 Å². The van der Waals surface area contributed by atoms with Crippen molar-refractivity contribution in [1.29, 1.82) is 0 Å². The van der Waals surface area contributed by atoms with Crippen molar-refractivity contribution >= 4 is 5.91 Å². The van der Waals surface area contributed by atoms with Crippen LogP contribution in [0.2, 0.25) is 0 Å². The number of nitrogens with zero attached hydrogens (tertiary/aromatic N) is 3. The average molecular weight is 307 g/mol. The van der Waals surface area contributed by atoms with Crippen LogP contribution in [0.4, 0.5) is 0 Å². The first-order chi connectivity index (χ1) is 10.6. The molecule has 2 fully saturated rings. The topological polar surface area (TPSA) is 56.6 Å². The van der Waals surface area contributed by atoms with Gasteiger partial charge in [0.05, 0.1) is 18.8 Å². The van der Waals surface area contributed by atoms with Crippen molar-refractivity contribution in [2.24, 2.45) is 5.92 Å². The quantitative estimate of drug-likeness (QED) is 0.827. The summed E-state index contributed by atoms with van der Waals surface area (Å²) in [5.41, 5.74) is 1.43. The molecule has 2 aliphatic rings. The van der Waals surface area contributed by atoms with Crippen LogP contribution in [0.15, 0.2) is 6.07 Å². The number of ether oxygens (including phenoxy) is 2. The second-order valence-corrected chi connectivity index (χ2v) is 6.33. The van der Waals surface area contributed by atoms with Crippen LogP contribution in [0, 0.1) is 12.8 Å². The van der Waals surface area contributed by atoms with E-state index in [0.717, 1.165) is 31.7 Å². The molecule has 3 heterocycles. The Labute approximate surface area is 131 Å². The third-order valence-corrected chi connectivity index (χ3v) is 4.90. The Morgan fingerprint density at radius 3 is 3.00 bits per heavy atom. The highest BCUT2D eigenvalue weighted by Crippen LogP contribution is 2.42. The van der Waals surface area contributed by atoms with Crippen molar-refractivity contribution in [2.75, 3.05) is 33.4 Å². The lowest BCUT2D eigenvalue weighted by atomic mass is 9.79. The molecule has 1 spiro atoms. The molecular formula is C16H25N3O3. The van der Waals surface area contributed by atoms with E-state index in [0.29, 0.717) is 31.2 Å². The lowest BCUT2D eigenvalue weighted by molar-refractivity contribution is -0.120. The summed E-state index contributed by atoms with van der Waals surface area (Å²) in [7, 11) is 1.73. The van der Waals surface area contributed by atoms with E-state index in [2.05, 4.69) is 5.10 Å². The molecule has 2 saturated heterocycles. The van der Waals surface area contributed by atoms with Gasteiger partial charge in [0.15, 0.2) is 0 Å². The van der Waals surface area contributed by atoms with E-state index < -0.39 is 0 Å². The maximum atomic E-state index is 12.7. The van der Waals surface area contributed by atoms with Gasteiger partial charge < -0.3 is 14.4 Å². The van der Waals surface area contributed by atoms with Crippen molar-refractivity contribution in [2.45, 2.75) is 38.8 Å². The third kappa shape index (κ3) is 2.54. The number of aromatic nitrogens is 2. The van der Waals surface area contributed by atoms with Gasteiger partial charge in [-0.3, -0.25) is 9.48 Å². The lowest BCUT2D eigenvalue weighted by Crippen LogP contribution is -2.66. The summed E-state index contributed by atoms with van der Waals surface area (Å²) in [6, 6.07) is 1.87. The van der Waals surface area contributed by atoms with Crippen molar-refractivity contribution in [3.8, 4) is 0 Å². The maximum Gasteiger partial charge on any atom is 0.272 e. The van der Waals surface area contributed by atoms with Gasteiger partial charge in [0, 0.05) is 26.9 Å². The number of amides is 1. The van der Waals surface area contributed by atoms with Gasteiger partial charge in [-0.1, -0.05) is 0 Å². The van der Waals surface area contributed by atoms with E-state index in [1.54, 1.807) is 11.8 Å². The van der Waals surface area contributed by atoms with Gasteiger partial charge in [0.1, 0.15) is 11.3 Å². The van der Waals surface area contributed by atoms with Crippen LogP contribution in [0.3, 0.4) is 0 Å². The first-order valence-electron chi connectivity index (χ1n) is 8.06. The number of carbonyl (C=O) groups is 1. The smallest absolute Gasteiger partial charge is 0.272 e. The molecule has 0 N–H and O–H groups in total. The zero-order chi connectivity index (χ0) is 15.7. The SMILES string of the molecule is CCn1nc(C)cc1C(=O)N1CC2(C1)OCC[C@@H]2CCOC. The van der Waals surface area contributed by atoms with E-state index in [1.807, 2.05) is 24.8 Å². The molecule has 0 saturated carbocycles. The van der Waals surface area contributed by atoms with Gasteiger partial charge in [-0.05, 0) is 38.7 Å². The summed E-state index contributed by atoms with van der Waals surface area (Å²) in [5, 5.41) is 4.36. The normalized spacial score (nSPS) is 23.0. The minimum absolute atomic E-state index is 0.0640. The Bertz CT molecular complexity index is 549. The lowest BCUT2D eigenvalue weighted by Gasteiger charge is -2.50. The van der Waals surface area contributed by atoms with E-state index in [-0.39, 0.29) is 11.5 Å². The highest BCUT2D eigenvalue weighted by Gasteiger charge is 2.54. The van der Waals surface area contributed by atoms with E-state index >= 15 is 0 Å². The summed E-state index contributed by atoms with van der Waals surface area (Å²) >= 11 is 0. The van der Waals surface area contributed by atoms with Crippen molar-refractivity contribution in [3.05, 3.63) is 17.5 Å². The molecule has 1 atom stereocenters. The van der Waals surface area contributed by atoms with Gasteiger partial charge in [0.25, 0.3) is 5.91 Å². The van der Waals surface area contributed by atoms with Gasteiger partial charge in [-0.25, -0.2) is 0 Å². The molecule has 0 radical (unpaired) electrons. The van der Waals surface area contributed by atoms with Crippen LogP contribution in [0.25, 0.3) is 0 Å². The molecule has 6 nitrogen and oxygen atoms in total. The first kappa shape index (κ1) is 15.5. The summed E-state index contributed by atoms with van der Waals surface area (Å²) in [6.07, 6.45) is 2.07. The highest BCUT2D eigenvalue weighted by atomic mass is 16.5. The number of methoxy groups -OCH3 is 1. The minimum atomic E-state index is -0.139. The second-order valence-electron chi connectivity index (χ2n) is 6.33. The van der Waals surface area contributed by atoms with Crippen LogP contribution in [0.1, 0.15) is 35.9 Å². The van der Waals surface area contributed by atoms with Crippen LogP contribution < -0.4 is 0 Å². The maximum absolute atomic E-state index is 12.7. The first-order valence-corrected chi connectivity index (χ1v) is 8.06. The van der Waals surface area contributed by atoms with Crippen LogP contribution in [-0.4, -0.2) is 59.6 Å². The Kier molecular flexibility index (Phi) is 4.23. The molecule has 3 rings (SSSR count). The number of aryl methyl sites for hydroxylation is 2. The number of rotatable bonds is 5. The summed E-state index contributed by atoms with van der Waals surface area (Å²) in [4.78, 5) is 14.5. The largest absolute Gasteiger partial charge is 0.385 e. The monoisotopic (exact) mass is 307 g/mol. The van der Waals surface area contributed by atoms with Crippen LogP contribution in [0.5, 0.6) is 0 Å². The van der Waals surface area contributed by atoms with Crippen molar-refractivity contribution in [1.82, 2.24) is 14.7 Å². The molecule has 0 unspecified atom stereocenters. The fourth-order valence-corrected chi connectivity index (χ4v) is 3.67. The second kappa shape index (κ2) is 6.01.